The topological polar surface area (TPSA) is 20.2 Å². The SMILES string of the molecule is CCCC=CC(C)CO. The summed E-state index contributed by atoms with van der Waals surface area (Å²) in [6.07, 6.45) is 6.50. The van der Waals surface area contributed by atoms with Gasteiger partial charge in [0.25, 0.3) is 0 Å². The molecule has 0 aliphatic rings. The van der Waals surface area contributed by atoms with E-state index < -0.39 is 0 Å². The first kappa shape index (κ1) is 8.70. The second-order valence-corrected chi connectivity index (χ2v) is 2.38. The molecule has 54 valence electrons. The normalized spacial score (nSPS) is 14.6. The molecule has 0 rings (SSSR count). The van der Waals surface area contributed by atoms with Crippen molar-refractivity contribution in [3.63, 3.8) is 0 Å². The molecule has 1 atom stereocenters. The van der Waals surface area contributed by atoms with E-state index in [-0.39, 0.29) is 6.61 Å². The minimum absolute atomic E-state index is 0.264. The van der Waals surface area contributed by atoms with Crippen LogP contribution in [0.25, 0.3) is 0 Å². The lowest BCUT2D eigenvalue weighted by molar-refractivity contribution is 0.262. The Morgan fingerprint density at radius 1 is 1.56 bits per heavy atom. The van der Waals surface area contributed by atoms with Gasteiger partial charge in [-0.2, -0.15) is 0 Å². The molecule has 0 heterocycles. The fraction of sp³-hybridized carbons (Fsp3) is 0.750. The van der Waals surface area contributed by atoms with Crippen LogP contribution in [0.4, 0.5) is 0 Å². The summed E-state index contributed by atoms with van der Waals surface area (Å²) in [6, 6.07) is 0. The Balaban J connectivity index is 3.20. The molecule has 0 saturated carbocycles. The van der Waals surface area contributed by atoms with E-state index in [0.29, 0.717) is 5.92 Å². The third-order valence-corrected chi connectivity index (χ3v) is 1.21. The molecule has 0 aromatic rings. The van der Waals surface area contributed by atoms with E-state index in [1.54, 1.807) is 0 Å². The summed E-state index contributed by atoms with van der Waals surface area (Å²) in [7, 11) is 0. The van der Waals surface area contributed by atoms with E-state index in [0.717, 1.165) is 6.42 Å². The smallest absolute Gasteiger partial charge is 0.0491 e. The van der Waals surface area contributed by atoms with Crippen molar-refractivity contribution in [1.82, 2.24) is 0 Å². The predicted octanol–water partition coefficient (Wildman–Crippen LogP) is 1.97. The van der Waals surface area contributed by atoms with Crippen LogP contribution in [0, 0.1) is 5.92 Å². The number of hydrogen-bond donors (Lipinski definition) is 1. The maximum atomic E-state index is 8.58. The molecule has 0 aromatic heterocycles. The number of rotatable bonds is 4. The number of hydrogen-bond acceptors (Lipinski definition) is 1. The average Bonchev–Trinajstić information content (AvgIpc) is 1.89. The third-order valence-electron chi connectivity index (χ3n) is 1.21. The first-order chi connectivity index (χ1) is 4.31. The quantitative estimate of drug-likeness (QED) is 0.574. The zero-order valence-corrected chi connectivity index (χ0v) is 6.30. The third kappa shape index (κ3) is 5.57. The van der Waals surface area contributed by atoms with Gasteiger partial charge in [-0.15, -0.1) is 0 Å². The summed E-state index contributed by atoms with van der Waals surface area (Å²) in [5, 5.41) is 8.58. The summed E-state index contributed by atoms with van der Waals surface area (Å²) in [5.74, 6) is 0.330. The molecule has 0 radical (unpaired) electrons. The Hall–Kier alpha value is -0.300. The number of aliphatic hydroxyl groups excluding tert-OH is 1. The highest BCUT2D eigenvalue weighted by Gasteiger charge is 1.89. The first-order valence-corrected chi connectivity index (χ1v) is 3.58. The van der Waals surface area contributed by atoms with Crippen LogP contribution in [0.2, 0.25) is 0 Å². The van der Waals surface area contributed by atoms with E-state index in [4.69, 9.17) is 5.11 Å². The second-order valence-electron chi connectivity index (χ2n) is 2.38. The van der Waals surface area contributed by atoms with Crippen molar-refractivity contribution in [2.45, 2.75) is 26.7 Å². The molecule has 1 unspecified atom stereocenters. The van der Waals surface area contributed by atoms with Crippen molar-refractivity contribution in [3.8, 4) is 0 Å². The molecule has 1 N–H and O–H groups in total. The van der Waals surface area contributed by atoms with Crippen molar-refractivity contribution in [3.05, 3.63) is 12.2 Å². The molecule has 9 heavy (non-hydrogen) atoms. The first-order valence-electron chi connectivity index (χ1n) is 3.58. The summed E-state index contributed by atoms with van der Waals surface area (Å²) in [6.45, 7) is 4.42. The van der Waals surface area contributed by atoms with Gasteiger partial charge in [0.2, 0.25) is 0 Å². The van der Waals surface area contributed by atoms with Gasteiger partial charge < -0.3 is 5.11 Å². The predicted molar refractivity (Wildman–Crippen MR) is 40.3 cm³/mol. The van der Waals surface area contributed by atoms with Gasteiger partial charge in [0.05, 0.1) is 0 Å². The van der Waals surface area contributed by atoms with Crippen LogP contribution < -0.4 is 0 Å². The summed E-state index contributed by atoms with van der Waals surface area (Å²) in [5.41, 5.74) is 0. The highest BCUT2D eigenvalue weighted by molar-refractivity contribution is 4.85. The average molecular weight is 128 g/mol. The summed E-state index contributed by atoms with van der Waals surface area (Å²) in [4.78, 5) is 0. The lowest BCUT2D eigenvalue weighted by Crippen LogP contribution is -1.94. The molecule has 0 aliphatic heterocycles. The second kappa shape index (κ2) is 5.83. The number of aliphatic hydroxyl groups is 1. The zero-order valence-electron chi connectivity index (χ0n) is 6.30. The van der Waals surface area contributed by atoms with Gasteiger partial charge in [0.15, 0.2) is 0 Å². The highest BCUT2D eigenvalue weighted by Crippen LogP contribution is 1.97. The van der Waals surface area contributed by atoms with E-state index in [1.165, 1.54) is 6.42 Å². The van der Waals surface area contributed by atoms with Crippen LogP contribution in [0.3, 0.4) is 0 Å². The summed E-state index contributed by atoms with van der Waals surface area (Å²) < 4.78 is 0. The van der Waals surface area contributed by atoms with Crippen molar-refractivity contribution in [2.75, 3.05) is 6.61 Å². The molecular formula is C8H16O. The Labute approximate surface area is 57.4 Å². The van der Waals surface area contributed by atoms with Gasteiger partial charge in [-0.3, -0.25) is 0 Å². The van der Waals surface area contributed by atoms with E-state index in [1.807, 2.05) is 6.92 Å². The molecule has 1 nitrogen and oxygen atoms in total. The Morgan fingerprint density at radius 2 is 2.22 bits per heavy atom. The monoisotopic (exact) mass is 128 g/mol. The van der Waals surface area contributed by atoms with Crippen LogP contribution in [0.5, 0.6) is 0 Å². The van der Waals surface area contributed by atoms with Gasteiger partial charge in [-0.05, 0) is 12.3 Å². The van der Waals surface area contributed by atoms with Crippen molar-refractivity contribution in [2.24, 2.45) is 5.92 Å². The molecule has 0 spiro atoms. The van der Waals surface area contributed by atoms with Crippen LogP contribution in [-0.4, -0.2) is 11.7 Å². The molecule has 0 fully saturated rings. The molecule has 0 saturated heterocycles. The molecular weight excluding hydrogens is 112 g/mol. The molecule has 0 aliphatic carbocycles. The Kier molecular flexibility index (Phi) is 5.64. The largest absolute Gasteiger partial charge is 0.396 e. The van der Waals surface area contributed by atoms with E-state index in [2.05, 4.69) is 19.1 Å². The lowest BCUT2D eigenvalue weighted by Gasteiger charge is -1.96. The van der Waals surface area contributed by atoms with Crippen molar-refractivity contribution >= 4 is 0 Å². The standard InChI is InChI=1S/C8H16O/c1-3-4-5-6-8(2)7-9/h5-6,8-9H,3-4,7H2,1-2H3. The Morgan fingerprint density at radius 3 is 2.67 bits per heavy atom. The lowest BCUT2D eigenvalue weighted by atomic mass is 10.1. The maximum Gasteiger partial charge on any atom is 0.0491 e. The minimum Gasteiger partial charge on any atom is -0.396 e. The minimum atomic E-state index is 0.264. The van der Waals surface area contributed by atoms with Gasteiger partial charge in [-0.25, -0.2) is 0 Å². The van der Waals surface area contributed by atoms with Gasteiger partial charge in [0.1, 0.15) is 0 Å². The fourth-order valence-corrected chi connectivity index (χ4v) is 0.556. The zero-order chi connectivity index (χ0) is 7.11. The van der Waals surface area contributed by atoms with Crippen LogP contribution in [0.1, 0.15) is 26.7 Å². The van der Waals surface area contributed by atoms with Gasteiger partial charge in [0, 0.05) is 6.61 Å². The van der Waals surface area contributed by atoms with Crippen molar-refractivity contribution < 1.29 is 5.11 Å². The molecule has 0 aromatic carbocycles. The fourth-order valence-electron chi connectivity index (χ4n) is 0.556. The maximum absolute atomic E-state index is 8.58. The van der Waals surface area contributed by atoms with Gasteiger partial charge >= 0.3 is 0 Å². The number of allylic oxidation sites excluding steroid dienone is 1. The highest BCUT2D eigenvalue weighted by atomic mass is 16.3. The van der Waals surface area contributed by atoms with Crippen molar-refractivity contribution in [1.29, 1.82) is 0 Å². The summed E-state index contributed by atoms with van der Waals surface area (Å²) >= 11 is 0. The van der Waals surface area contributed by atoms with Crippen LogP contribution in [0.15, 0.2) is 12.2 Å². The molecule has 1 heteroatoms. The van der Waals surface area contributed by atoms with E-state index >= 15 is 0 Å². The molecule has 0 bridgehead atoms. The van der Waals surface area contributed by atoms with Crippen LogP contribution >= 0.6 is 0 Å². The molecule has 0 amide bonds. The van der Waals surface area contributed by atoms with E-state index in [9.17, 15) is 0 Å². The number of unbranched alkanes of at least 4 members (excludes halogenated alkanes) is 1. The van der Waals surface area contributed by atoms with Gasteiger partial charge in [-0.1, -0.05) is 32.4 Å². The van der Waals surface area contributed by atoms with Crippen LogP contribution in [-0.2, 0) is 0 Å². The Bertz CT molecular complexity index is 76.6.